The highest BCUT2D eigenvalue weighted by atomic mass is 15.2. The molecule has 0 spiro atoms. The molecule has 3 heteroatoms. The van der Waals surface area contributed by atoms with E-state index in [-0.39, 0.29) is 0 Å². The van der Waals surface area contributed by atoms with Crippen LogP contribution in [-0.4, -0.2) is 15.6 Å². The third-order valence-electron chi connectivity index (χ3n) is 3.88. The van der Waals surface area contributed by atoms with Crippen molar-refractivity contribution in [2.75, 3.05) is 5.32 Å². The summed E-state index contributed by atoms with van der Waals surface area (Å²) in [6, 6.07) is 0.603. The van der Waals surface area contributed by atoms with Crippen LogP contribution in [0.1, 0.15) is 52.1 Å². The molecule has 1 aromatic rings. The SMILES string of the molecule is Cc1cn(CC(C)C)c(NC2CCCCC2C)n1. The molecule has 2 rings (SSSR count). The van der Waals surface area contributed by atoms with Gasteiger partial charge < -0.3 is 9.88 Å². The molecule has 102 valence electrons. The van der Waals surface area contributed by atoms with E-state index in [0.717, 1.165) is 24.1 Å². The van der Waals surface area contributed by atoms with Crippen molar-refractivity contribution in [2.24, 2.45) is 11.8 Å². The van der Waals surface area contributed by atoms with E-state index >= 15 is 0 Å². The molecule has 0 aromatic carbocycles. The Morgan fingerprint density at radius 2 is 2.11 bits per heavy atom. The Morgan fingerprint density at radius 3 is 2.78 bits per heavy atom. The zero-order valence-corrected chi connectivity index (χ0v) is 12.2. The summed E-state index contributed by atoms with van der Waals surface area (Å²) in [5.74, 6) is 2.49. The van der Waals surface area contributed by atoms with Crippen molar-refractivity contribution in [2.45, 2.75) is 66.0 Å². The monoisotopic (exact) mass is 249 g/mol. The molecule has 0 saturated heterocycles. The summed E-state index contributed by atoms with van der Waals surface area (Å²) >= 11 is 0. The molecule has 0 radical (unpaired) electrons. The number of nitrogens with zero attached hydrogens (tertiary/aromatic N) is 2. The first-order valence-corrected chi connectivity index (χ1v) is 7.36. The van der Waals surface area contributed by atoms with E-state index in [2.05, 4.69) is 48.8 Å². The van der Waals surface area contributed by atoms with E-state index in [1.165, 1.54) is 25.7 Å². The van der Waals surface area contributed by atoms with Crippen molar-refractivity contribution in [1.29, 1.82) is 0 Å². The molecule has 1 N–H and O–H groups in total. The molecule has 2 atom stereocenters. The standard InChI is InChI=1S/C15H27N3/c1-11(2)9-18-10-13(4)16-15(18)17-14-8-6-5-7-12(14)3/h10-12,14H,5-9H2,1-4H3,(H,16,17). The Hall–Kier alpha value is -0.990. The van der Waals surface area contributed by atoms with Gasteiger partial charge in [-0.3, -0.25) is 0 Å². The molecule has 0 amide bonds. The fraction of sp³-hybridized carbons (Fsp3) is 0.800. The quantitative estimate of drug-likeness (QED) is 0.878. The van der Waals surface area contributed by atoms with Gasteiger partial charge in [-0.15, -0.1) is 0 Å². The number of rotatable bonds is 4. The number of hydrogen-bond acceptors (Lipinski definition) is 2. The topological polar surface area (TPSA) is 29.9 Å². The number of nitrogens with one attached hydrogen (secondary N) is 1. The molecular weight excluding hydrogens is 222 g/mol. The van der Waals surface area contributed by atoms with Crippen LogP contribution in [0.3, 0.4) is 0 Å². The van der Waals surface area contributed by atoms with Crippen molar-refractivity contribution < 1.29 is 0 Å². The third kappa shape index (κ3) is 3.27. The Bertz CT molecular complexity index is 381. The fourth-order valence-electron chi connectivity index (χ4n) is 2.89. The van der Waals surface area contributed by atoms with Crippen molar-refractivity contribution in [3.8, 4) is 0 Å². The molecule has 1 aromatic heterocycles. The molecular formula is C15H27N3. The van der Waals surface area contributed by atoms with Crippen LogP contribution in [0.4, 0.5) is 5.95 Å². The fourth-order valence-corrected chi connectivity index (χ4v) is 2.89. The summed E-state index contributed by atoms with van der Waals surface area (Å²) in [6.45, 7) is 9.99. The first kappa shape index (κ1) is 13.4. The second kappa shape index (κ2) is 5.77. The number of aromatic nitrogens is 2. The van der Waals surface area contributed by atoms with Gasteiger partial charge in [-0.2, -0.15) is 0 Å². The molecule has 0 bridgehead atoms. The highest BCUT2D eigenvalue weighted by Crippen LogP contribution is 2.26. The zero-order chi connectivity index (χ0) is 13.1. The molecule has 1 aliphatic carbocycles. The largest absolute Gasteiger partial charge is 0.353 e. The van der Waals surface area contributed by atoms with Gasteiger partial charge in [0.05, 0.1) is 5.69 Å². The Balaban J connectivity index is 2.07. The van der Waals surface area contributed by atoms with E-state index in [0.29, 0.717) is 12.0 Å². The van der Waals surface area contributed by atoms with Crippen LogP contribution in [0.5, 0.6) is 0 Å². The van der Waals surface area contributed by atoms with E-state index in [4.69, 9.17) is 0 Å². The Labute approximate surface area is 111 Å². The van der Waals surface area contributed by atoms with E-state index in [1.807, 2.05) is 0 Å². The van der Waals surface area contributed by atoms with Crippen LogP contribution in [-0.2, 0) is 6.54 Å². The van der Waals surface area contributed by atoms with Crippen LogP contribution >= 0.6 is 0 Å². The number of imidazole rings is 1. The summed E-state index contributed by atoms with van der Waals surface area (Å²) in [7, 11) is 0. The van der Waals surface area contributed by atoms with Gasteiger partial charge in [0.25, 0.3) is 0 Å². The van der Waals surface area contributed by atoms with Gasteiger partial charge in [0, 0.05) is 18.8 Å². The molecule has 0 aliphatic heterocycles. The number of anilines is 1. The molecule has 1 aliphatic rings. The maximum absolute atomic E-state index is 4.64. The second-order valence-corrected chi connectivity index (χ2v) is 6.26. The van der Waals surface area contributed by atoms with Gasteiger partial charge >= 0.3 is 0 Å². The van der Waals surface area contributed by atoms with Gasteiger partial charge in [0.1, 0.15) is 0 Å². The predicted octanol–water partition coefficient (Wildman–Crippen LogP) is 3.84. The summed E-state index contributed by atoms with van der Waals surface area (Å²) in [4.78, 5) is 4.64. The van der Waals surface area contributed by atoms with Crippen molar-refractivity contribution in [1.82, 2.24) is 9.55 Å². The zero-order valence-electron chi connectivity index (χ0n) is 12.2. The highest BCUT2D eigenvalue weighted by Gasteiger charge is 2.22. The van der Waals surface area contributed by atoms with Crippen molar-refractivity contribution >= 4 is 5.95 Å². The Kier molecular flexibility index (Phi) is 4.31. The highest BCUT2D eigenvalue weighted by molar-refractivity contribution is 5.30. The summed E-state index contributed by atoms with van der Waals surface area (Å²) in [6.07, 6.45) is 7.54. The maximum atomic E-state index is 4.64. The lowest BCUT2D eigenvalue weighted by Crippen LogP contribution is -2.31. The predicted molar refractivity (Wildman–Crippen MR) is 76.8 cm³/mol. The minimum absolute atomic E-state index is 0.603. The van der Waals surface area contributed by atoms with Crippen molar-refractivity contribution in [3.05, 3.63) is 11.9 Å². The normalized spacial score (nSPS) is 24.5. The van der Waals surface area contributed by atoms with Gasteiger partial charge in [-0.25, -0.2) is 4.98 Å². The minimum Gasteiger partial charge on any atom is -0.353 e. The van der Waals surface area contributed by atoms with Crippen molar-refractivity contribution in [3.63, 3.8) is 0 Å². The average Bonchev–Trinajstić information content (AvgIpc) is 2.61. The minimum atomic E-state index is 0.603. The molecule has 3 nitrogen and oxygen atoms in total. The lowest BCUT2D eigenvalue weighted by molar-refractivity contribution is 0.347. The van der Waals surface area contributed by atoms with Crippen LogP contribution in [0.25, 0.3) is 0 Å². The van der Waals surface area contributed by atoms with Gasteiger partial charge in [0.2, 0.25) is 5.95 Å². The van der Waals surface area contributed by atoms with Gasteiger partial charge in [0.15, 0.2) is 0 Å². The van der Waals surface area contributed by atoms with E-state index in [9.17, 15) is 0 Å². The van der Waals surface area contributed by atoms with Gasteiger partial charge in [-0.1, -0.05) is 33.6 Å². The lowest BCUT2D eigenvalue weighted by atomic mass is 9.86. The summed E-state index contributed by atoms with van der Waals surface area (Å²) < 4.78 is 2.28. The van der Waals surface area contributed by atoms with E-state index < -0.39 is 0 Å². The summed E-state index contributed by atoms with van der Waals surface area (Å²) in [5.41, 5.74) is 1.11. The molecule has 18 heavy (non-hydrogen) atoms. The average molecular weight is 249 g/mol. The van der Waals surface area contributed by atoms with Gasteiger partial charge in [-0.05, 0) is 31.6 Å². The Morgan fingerprint density at radius 1 is 1.39 bits per heavy atom. The number of hydrogen-bond donors (Lipinski definition) is 1. The third-order valence-corrected chi connectivity index (χ3v) is 3.88. The lowest BCUT2D eigenvalue weighted by Gasteiger charge is -2.30. The van der Waals surface area contributed by atoms with Crippen LogP contribution in [0, 0.1) is 18.8 Å². The van der Waals surface area contributed by atoms with E-state index in [1.54, 1.807) is 0 Å². The number of aryl methyl sites for hydroxylation is 1. The molecule has 1 fully saturated rings. The smallest absolute Gasteiger partial charge is 0.203 e. The molecule has 2 unspecified atom stereocenters. The van der Waals surface area contributed by atoms with Crippen LogP contribution in [0.15, 0.2) is 6.20 Å². The van der Waals surface area contributed by atoms with Crippen LogP contribution in [0.2, 0.25) is 0 Å². The first-order chi connectivity index (χ1) is 8.56. The maximum Gasteiger partial charge on any atom is 0.203 e. The second-order valence-electron chi connectivity index (χ2n) is 6.26. The first-order valence-electron chi connectivity index (χ1n) is 7.36. The van der Waals surface area contributed by atoms with Crippen LogP contribution < -0.4 is 5.32 Å². The molecule has 1 heterocycles. The summed E-state index contributed by atoms with van der Waals surface area (Å²) in [5, 5.41) is 3.68. The molecule has 1 saturated carbocycles.